The van der Waals surface area contributed by atoms with Gasteiger partial charge in [0.1, 0.15) is 6.29 Å². The van der Waals surface area contributed by atoms with Gasteiger partial charge >= 0.3 is 0 Å². The van der Waals surface area contributed by atoms with Crippen LogP contribution in [0.1, 0.15) is 77.5 Å². The Kier molecular flexibility index (Phi) is 11.3. The summed E-state index contributed by atoms with van der Waals surface area (Å²) in [6.07, 6.45) is 21.6. The molecule has 57 heavy (non-hydrogen) atoms. The number of carbonyl (C=O) groups excluding carboxylic acids is 1. The third kappa shape index (κ3) is 7.75. The number of aryl methyl sites for hydroxylation is 3. The number of imidazole rings is 3. The Balaban J connectivity index is 0.000000108. The molecule has 3 aromatic heterocycles. The van der Waals surface area contributed by atoms with Crippen molar-refractivity contribution in [2.24, 2.45) is 0 Å². The molecule has 0 unspecified atom stereocenters. The monoisotopic (exact) mass is 943 g/mol. The SMILES string of the molecule is Brc1ccc(Br)c2c1CC2.Cc1cn(-c2ccc(Br)c3c2CC3)cn1.Cc1cn(-c2ccc(C#N)c3c2CC3)cn1.Cc1cn(-c2ccc(C=O)c3c2CC3)cn1. The fourth-order valence-corrected chi connectivity index (χ4v) is 9.50. The van der Waals surface area contributed by atoms with Gasteiger partial charge in [-0.15, -0.1) is 0 Å². The molecule has 4 aliphatic carbocycles. The lowest BCUT2D eigenvalue weighted by molar-refractivity contribution is 0.112. The highest BCUT2D eigenvalue weighted by Crippen LogP contribution is 2.37. The molecular weight excluding hydrogens is 906 g/mol. The van der Waals surface area contributed by atoms with Crippen LogP contribution < -0.4 is 0 Å². The molecule has 0 atom stereocenters. The zero-order valence-corrected chi connectivity index (χ0v) is 36.7. The molecule has 3 heterocycles. The Labute approximate surface area is 358 Å². The van der Waals surface area contributed by atoms with Gasteiger partial charge < -0.3 is 13.7 Å². The van der Waals surface area contributed by atoms with Crippen molar-refractivity contribution in [2.45, 2.75) is 72.1 Å². The van der Waals surface area contributed by atoms with Crippen LogP contribution in [0, 0.1) is 32.1 Å². The lowest BCUT2D eigenvalue weighted by Gasteiger charge is -2.24. The smallest absolute Gasteiger partial charge is 0.150 e. The highest BCUT2D eigenvalue weighted by atomic mass is 79.9. The van der Waals surface area contributed by atoms with Crippen LogP contribution in [0.25, 0.3) is 17.1 Å². The van der Waals surface area contributed by atoms with Gasteiger partial charge in [0.25, 0.3) is 0 Å². The average Bonchev–Trinajstić information content (AvgIpc) is 3.89. The van der Waals surface area contributed by atoms with Gasteiger partial charge in [0.15, 0.2) is 0 Å². The predicted octanol–water partition coefficient (Wildman–Crippen LogP) is 10.6. The molecule has 0 spiro atoms. The maximum atomic E-state index is 10.8. The van der Waals surface area contributed by atoms with Gasteiger partial charge in [0.2, 0.25) is 0 Å². The zero-order valence-electron chi connectivity index (χ0n) is 32.0. The number of benzene rings is 4. The van der Waals surface area contributed by atoms with E-state index >= 15 is 0 Å². The number of rotatable bonds is 4. The van der Waals surface area contributed by atoms with Crippen molar-refractivity contribution in [1.29, 1.82) is 5.26 Å². The number of fused-ring (bicyclic) bond motifs is 4. The van der Waals surface area contributed by atoms with Crippen LogP contribution in [-0.2, 0) is 51.4 Å². The van der Waals surface area contributed by atoms with Gasteiger partial charge in [-0.3, -0.25) is 4.79 Å². The van der Waals surface area contributed by atoms with Crippen LogP contribution in [0.15, 0.2) is 99.5 Å². The fourth-order valence-electron chi connectivity index (χ4n) is 7.79. The van der Waals surface area contributed by atoms with Crippen LogP contribution in [0.2, 0.25) is 0 Å². The summed E-state index contributed by atoms with van der Waals surface area (Å²) in [7, 11) is 0. The number of hydrogen-bond donors (Lipinski definition) is 0. The van der Waals surface area contributed by atoms with E-state index in [9.17, 15) is 4.79 Å². The molecule has 11 rings (SSSR count). The van der Waals surface area contributed by atoms with E-state index in [4.69, 9.17) is 5.26 Å². The van der Waals surface area contributed by atoms with E-state index in [1.54, 1.807) is 0 Å². The first-order valence-corrected chi connectivity index (χ1v) is 21.4. The number of nitriles is 1. The quantitative estimate of drug-likeness (QED) is 0.164. The summed E-state index contributed by atoms with van der Waals surface area (Å²) in [4.78, 5) is 23.6. The molecule has 0 bridgehead atoms. The van der Waals surface area contributed by atoms with Crippen molar-refractivity contribution < 1.29 is 4.79 Å². The second-order valence-corrected chi connectivity index (χ2v) is 17.3. The van der Waals surface area contributed by atoms with E-state index < -0.39 is 0 Å². The molecule has 0 aliphatic heterocycles. The average molecular weight is 947 g/mol. The Morgan fingerprint density at radius 1 is 0.509 bits per heavy atom. The third-order valence-corrected chi connectivity index (χ3v) is 13.5. The van der Waals surface area contributed by atoms with E-state index in [0.29, 0.717) is 0 Å². The molecule has 4 aliphatic rings. The van der Waals surface area contributed by atoms with Crippen LogP contribution in [0.4, 0.5) is 0 Å². The number of aromatic nitrogens is 6. The van der Waals surface area contributed by atoms with Gasteiger partial charge in [-0.05, 0) is 165 Å². The molecule has 0 saturated heterocycles. The van der Waals surface area contributed by atoms with E-state index in [1.807, 2.05) is 85.5 Å². The first kappa shape index (κ1) is 39.0. The van der Waals surface area contributed by atoms with E-state index in [0.717, 1.165) is 65.9 Å². The fraction of sp³-hybridized carbons (Fsp3) is 0.239. The first-order chi connectivity index (χ1) is 27.6. The largest absolute Gasteiger partial charge is 0.306 e. The third-order valence-electron chi connectivity index (χ3n) is 11.2. The Morgan fingerprint density at radius 3 is 1.23 bits per heavy atom. The van der Waals surface area contributed by atoms with Crippen molar-refractivity contribution in [2.75, 3.05) is 0 Å². The molecular formula is C46H40Br3N7O. The number of nitrogens with zero attached hydrogens (tertiary/aromatic N) is 7. The summed E-state index contributed by atoms with van der Waals surface area (Å²) >= 11 is 10.6. The van der Waals surface area contributed by atoms with Crippen LogP contribution >= 0.6 is 47.8 Å². The maximum absolute atomic E-state index is 10.8. The van der Waals surface area contributed by atoms with Crippen molar-refractivity contribution in [3.05, 3.63) is 172 Å². The standard InChI is InChI=1S/C13H11N3.C13H12N2O.C12H11BrN2.C8H6Br2/c1-9-7-16(8-15-9)13-5-2-10(6-14)11-3-4-12(11)13;1-9-6-15(8-14-9)13-5-2-10(7-16)11-3-4-12(11)13;1-8-6-15(7-14-8)12-5-4-11(13)9-2-3-10(9)12;9-7-3-4-8(10)6-2-1-5(6)7/h2,5,7-8H,3-4H2,1H3;2,5-8H,3-4H2,1H3;4-7H,2-3H2,1H3;3-4H,1-2H2. The lowest BCUT2D eigenvalue weighted by atomic mass is 9.83. The minimum Gasteiger partial charge on any atom is -0.306 e. The lowest BCUT2D eigenvalue weighted by Crippen LogP contribution is -2.15. The summed E-state index contributed by atoms with van der Waals surface area (Å²) in [5, 5.41) is 8.97. The topological polar surface area (TPSA) is 94.3 Å². The maximum Gasteiger partial charge on any atom is 0.150 e. The Morgan fingerprint density at radius 2 is 0.860 bits per heavy atom. The predicted molar refractivity (Wildman–Crippen MR) is 234 cm³/mol. The summed E-state index contributed by atoms with van der Waals surface area (Å²) < 4.78 is 9.94. The van der Waals surface area contributed by atoms with E-state index in [1.165, 1.54) is 95.0 Å². The van der Waals surface area contributed by atoms with Crippen LogP contribution in [0.5, 0.6) is 0 Å². The molecule has 0 fully saturated rings. The summed E-state index contributed by atoms with van der Waals surface area (Å²) in [6.45, 7) is 5.97. The summed E-state index contributed by atoms with van der Waals surface area (Å²) in [6, 6.07) is 18.5. The summed E-state index contributed by atoms with van der Waals surface area (Å²) in [5.74, 6) is 0. The number of carbonyl (C=O) groups is 1. The second-order valence-electron chi connectivity index (χ2n) is 14.7. The van der Waals surface area contributed by atoms with Crippen molar-refractivity contribution in [3.8, 4) is 23.1 Å². The van der Waals surface area contributed by atoms with Crippen LogP contribution in [0.3, 0.4) is 0 Å². The van der Waals surface area contributed by atoms with Crippen molar-refractivity contribution >= 4 is 54.1 Å². The van der Waals surface area contributed by atoms with Crippen molar-refractivity contribution in [1.82, 2.24) is 28.7 Å². The minimum absolute atomic E-state index is 0.821. The first-order valence-electron chi connectivity index (χ1n) is 19.1. The molecule has 0 saturated carbocycles. The van der Waals surface area contributed by atoms with Gasteiger partial charge in [-0.1, -0.05) is 47.8 Å². The normalized spacial score (nSPS) is 13.3. The molecule has 0 amide bonds. The highest BCUT2D eigenvalue weighted by molar-refractivity contribution is 9.11. The van der Waals surface area contributed by atoms with Gasteiger partial charge in [0.05, 0.1) is 59.1 Å². The number of hydrogen-bond acceptors (Lipinski definition) is 5. The number of halogens is 3. The highest BCUT2D eigenvalue weighted by Gasteiger charge is 2.24. The summed E-state index contributed by atoms with van der Waals surface area (Å²) in [5.41, 5.74) is 19.2. The van der Waals surface area contributed by atoms with E-state index in [2.05, 4.69) is 104 Å². The molecule has 0 N–H and O–H groups in total. The molecule has 7 aromatic rings. The molecule has 8 nitrogen and oxygen atoms in total. The molecule has 11 heteroatoms. The number of aldehydes is 1. The Hall–Kier alpha value is -4.89. The van der Waals surface area contributed by atoms with E-state index in [-0.39, 0.29) is 0 Å². The second kappa shape index (κ2) is 16.5. The van der Waals surface area contributed by atoms with Gasteiger partial charge in [0, 0.05) is 43.3 Å². The Bertz CT molecular complexity index is 2690. The van der Waals surface area contributed by atoms with Gasteiger partial charge in [-0.25, -0.2) is 15.0 Å². The zero-order chi connectivity index (χ0) is 39.8. The molecule has 4 aromatic carbocycles. The molecule has 286 valence electrons. The molecule has 0 radical (unpaired) electrons. The van der Waals surface area contributed by atoms with Crippen molar-refractivity contribution in [3.63, 3.8) is 0 Å². The van der Waals surface area contributed by atoms with Gasteiger partial charge in [-0.2, -0.15) is 5.26 Å². The van der Waals surface area contributed by atoms with Crippen LogP contribution in [-0.4, -0.2) is 34.9 Å². The minimum atomic E-state index is 0.821.